The van der Waals surface area contributed by atoms with E-state index in [9.17, 15) is 9.90 Å². The number of fused-ring (bicyclic) bond motifs is 1. The Labute approximate surface area is 138 Å². The van der Waals surface area contributed by atoms with Crippen molar-refractivity contribution in [1.29, 1.82) is 0 Å². The van der Waals surface area contributed by atoms with Crippen molar-refractivity contribution < 1.29 is 9.90 Å². The second kappa shape index (κ2) is 5.99. The smallest absolute Gasteiger partial charge is 0.252 e. The third kappa shape index (κ3) is 2.91. The second-order valence-electron chi connectivity index (χ2n) is 5.64. The summed E-state index contributed by atoms with van der Waals surface area (Å²) in [5, 5.41) is 14.6. The summed E-state index contributed by atoms with van der Waals surface area (Å²) in [6.07, 6.45) is 2.63. The summed E-state index contributed by atoms with van der Waals surface area (Å²) in [5.41, 5.74) is 0.816. The van der Waals surface area contributed by atoms with Crippen molar-refractivity contribution in [1.82, 2.24) is 5.32 Å². The van der Waals surface area contributed by atoms with Gasteiger partial charge in [0.1, 0.15) is 5.60 Å². The highest BCUT2D eigenvalue weighted by Gasteiger charge is 2.39. The van der Waals surface area contributed by atoms with Gasteiger partial charge in [-0.3, -0.25) is 4.79 Å². The van der Waals surface area contributed by atoms with Crippen LogP contribution < -0.4 is 5.32 Å². The number of rotatable bonds is 2. The normalized spacial score (nSPS) is 23.7. The number of hydrogen-bond acceptors (Lipinski definition) is 3. The van der Waals surface area contributed by atoms with Crippen LogP contribution >= 0.6 is 35.0 Å². The molecule has 1 aliphatic heterocycles. The average molecular weight is 346 g/mol. The minimum absolute atomic E-state index is 0.0825. The van der Waals surface area contributed by atoms with Gasteiger partial charge in [0.15, 0.2) is 0 Å². The molecule has 1 aliphatic carbocycles. The van der Waals surface area contributed by atoms with Crippen LogP contribution in [0.3, 0.4) is 0 Å². The summed E-state index contributed by atoms with van der Waals surface area (Å²) in [7, 11) is 0. The fourth-order valence-electron chi connectivity index (χ4n) is 3.01. The van der Waals surface area contributed by atoms with Crippen LogP contribution in [0.1, 0.15) is 36.4 Å². The first-order chi connectivity index (χ1) is 10.0. The lowest BCUT2D eigenvalue weighted by molar-refractivity contribution is -0.141. The predicted octanol–water partition coefficient (Wildman–Crippen LogP) is 3.36. The standard InChI is InChI=1S/C15H17Cl2NO2S/c16-11-3-1-9-10(13(11)17)2-4-12(9)18-14(19)15(20)5-7-21-8-6-15/h1,3,12,20H,2,4-8H2,(H,18,19). The molecule has 0 spiro atoms. The quantitative estimate of drug-likeness (QED) is 0.863. The molecule has 3 rings (SSSR count). The molecule has 1 unspecified atom stereocenters. The molecule has 3 nitrogen and oxygen atoms in total. The van der Waals surface area contributed by atoms with Gasteiger partial charge in [0, 0.05) is 0 Å². The Bertz CT molecular complexity index is 573. The van der Waals surface area contributed by atoms with Crippen LogP contribution in [0.15, 0.2) is 12.1 Å². The van der Waals surface area contributed by atoms with Crippen LogP contribution in [0.4, 0.5) is 0 Å². The van der Waals surface area contributed by atoms with Crippen LogP contribution in [0, 0.1) is 0 Å². The van der Waals surface area contributed by atoms with Crippen LogP contribution in [0.25, 0.3) is 0 Å². The van der Waals surface area contributed by atoms with Gasteiger partial charge in [-0.25, -0.2) is 0 Å². The number of benzene rings is 1. The van der Waals surface area contributed by atoms with E-state index >= 15 is 0 Å². The number of nitrogens with one attached hydrogen (secondary N) is 1. The van der Waals surface area contributed by atoms with Crippen LogP contribution in [0.5, 0.6) is 0 Å². The molecule has 2 aliphatic rings. The maximum Gasteiger partial charge on any atom is 0.252 e. The Morgan fingerprint density at radius 1 is 1.33 bits per heavy atom. The van der Waals surface area contributed by atoms with Gasteiger partial charge in [0.2, 0.25) is 0 Å². The van der Waals surface area contributed by atoms with E-state index in [0.717, 1.165) is 35.5 Å². The van der Waals surface area contributed by atoms with Gasteiger partial charge in [-0.2, -0.15) is 11.8 Å². The van der Waals surface area contributed by atoms with Crippen molar-refractivity contribution in [3.05, 3.63) is 33.3 Å². The Kier molecular flexibility index (Phi) is 4.42. The maximum absolute atomic E-state index is 12.4. The van der Waals surface area contributed by atoms with Crippen molar-refractivity contribution in [3.63, 3.8) is 0 Å². The molecule has 1 saturated heterocycles. The molecule has 1 amide bonds. The molecule has 1 aromatic carbocycles. The van der Waals surface area contributed by atoms with Gasteiger partial charge in [-0.1, -0.05) is 29.3 Å². The monoisotopic (exact) mass is 345 g/mol. The summed E-state index contributed by atoms with van der Waals surface area (Å²) in [5.74, 6) is 1.39. The summed E-state index contributed by atoms with van der Waals surface area (Å²) in [6.45, 7) is 0. The van der Waals surface area contributed by atoms with Crippen molar-refractivity contribution in [2.24, 2.45) is 0 Å². The zero-order chi connectivity index (χ0) is 15.0. The summed E-state index contributed by atoms with van der Waals surface area (Å²) in [4.78, 5) is 12.4. The van der Waals surface area contributed by atoms with Crippen molar-refractivity contribution >= 4 is 40.9 Å². The predicted molar refractivity (Wildman–Crippen MR) is 87.2 cm³/mol. The molecule has 1 aromatic rings. The molecule has 114 valence electrons. The van der Waals surface area contributed by atoms with Gasteiger partial charge in [-0.05, 0) is 54.4 Å². The summed E-state index contributed by atoms with van der Waals surface area (Å²) >= 11 is 14.0. The molecule has 0 aromatic heterocycles. The molecule has 0 saturated carbocycles. The number of hydrogen-bond donors (Lipinski definition) is 2. The van der Waals surface area contributed by atoms with Gasteiger partial charge >= 0.3 is 0 Å². The first kappa shape index (κ1) is 15.5. The molecule has 1 heterocycles. The van der Waals surface area contributed by atoms with Gasteiger partial charge in [0.25, 0.3) is 5.91 Å². The van der Waals surface area contributed by atoms with E-state index in [2.05, 4.69) is 5.32 Å². The lowest BCUT2D eigenvalue weighted by Gasteiger charge is -2.31. The first-order valence-electron chi connectivity index (χ1n) is 7.09. The van der Waals surface area contributed by atoms with Gasteiger partial charge in [0.05, 0.1) is 16.1 Å². The number of amides is 1. The molecule has 0 bridgehead atoms. The van der Waals surface area contributed by atoms with E-state index in [1.165, 1.54) is 0 Å². The molecular formula is C15H17Cl2NO2S. The molecule has 21 heavy (non-hydrogen) atoms. The Morgan fingerprint density at radius 2 is 2.05 bits per heavy atom. The van der Waals surface area contributed by atoms with E-state index in [4.69, 9.17) is 23.2 Å². The highest BCUT2D eigenvalue weighted by molar-refractivity contribution is 7.99. The van der Waals surface area contributed by atoms with E-state index in [0.29, 0.717) is 22.9 Å². The Morgan fingerprint density at radius 3 is 2.76 bits per heavy atom. The Hall–Kier alpha value is -0.420. The van der Waals surface area contributed by atoms with E-state index in [1.54, 1.807) is 17.8 Å². The first-order valence-corrected chi connectivity index (χ1v) is 9.00. The lowest BCUT2D eigenvalue weighted by atomic mass is 9.95. The highest BCUT2D eigenvalue weighted by Crippen LogP contribution is 2.39. The van der Waals surface area contributed by atoms with E-state index in [1.807, 2.05) is 6.07 Å². The fourth-order valence-corrected chi connectivity index (χ4v) is 4.62. The number of carbonyl (C=O) groups excluding carboxylic acids is 1. The van der Waals surface area contributed by atoms with Crippen LogP contribution in [0.2, 0.25) is 10.0 Å². The highest BCUT2D eigenvalue weighted by atomic mass is 35.5. The molecule has 2 N–H and O–H groups in total. The molecule has 0 radical (unpaired) electrons. The molecule has 1 fully saturated rings. The van der Waals surface area contributed by atoms with E-state index in [-0.39, 0.29) is 11.9 Å². The molecule has 1 atom stereocenters. The maximum atomic E-state index is 12.4. The third-order valence-electron chi connectivity index (χ3n) is 4.34. The van der Waals surface area contributed by atoms with E-state index < -0.39 is 5.60 Å². The largest absolute Gasteiger partial charge is 0.380 e. The van der Waals surface area contributed by atoms with Crippen molar-refractivity contribution in [2.45, 2.75) is 37.3 Å². The number of aliphatic hydroxyl groups is 1. The van der Waals surface area contributed by atoms with Gasteiger partial charge < -0.3 is 10.4 Å². The topological polar surface area (TPSA) is 49.3 Å². The zero-order valence-electron chi connectivity index (χ0n) is 11.5. The van der Waals surface area contributed by atoms with Crippen LogP contribution in [-0.4, -0.2) is 28.1 Å². The SMILES string of the molecule is O=C(NC1CCc2c1ccc(Cl)c2Cl)C1(O)CCSCC1. The average Bonchev–Trinajstić information content (AvgIpc) is 2.87. The second-order valence-corrected chi connectivity index (χ2v) is 7.65. The third-order valence-corrected chi connectivity index (χ3v) is 6.17. The molecular weight excluding hydrogens is 329 g/mol. The van der Waals surface area contributed by atoms with Gasteiger partial charge in [-0.15, -0.1) is 0 Å². The van der Waals surface area contributed by atoms with Crippen molar-refractivity contribution in [3.8, 4) is 0 Å². The number of carbonyl (C=O) groups is 1. The minimum atomic E-state index is -1.22. The van der Waals surface area contributed by atoms with Crippen LogP contribution in [-0.2, 0) is 11.2 Å². The number of thioether (sulfide) groups is 1. The summed E-state index contributed by atoms with van der Waals surface area (Å²) in [6, 6.07) is 3.60. The summed E-state index contributed by atoms with van der Waals surface area (Å²) < 4.78 is 0. The zero-order valence-corrected chi connectivity index (χ0v) is 13.8. The number of halogens is 2. The van der Waals surface area contributed by atoms with Crippen molar-refractivity contribution in [2.75, 3.05) is 11.5 Å². The Balaban J connectivity index is 1.76. The minimum Gasteiger partial charge on any atom is -0.380 e. The lowest BCUT2D eigenvalue weighted by Crippen LogP contribution is -2.49. The molecule has 6 heteroatoms. The fraction of sp³-hybridized carbons (Fsp3) is 0.533.